The third-order valence-electron chi connectivity index (χ3n) is 9.58. The van der Waals surface area contributed by atoms with Crippen molar-refractivity contribution < 1.29 is 0 Å². The van der Waals surface area contributed by atoms with Crippen LogP contribution in [-0.2, 0) is 0 Å². The van der Waals surface area contributed by atoms with Crippen LogP contribution in [0, 0.1) is 33.5 Å². The van der Waals surface area contributed by atoms with E-state index < -0.39 is 0 Å². The smallest absolute Gasteiger partial charge is 0.0689 e. The summed E-state index contributed by atoms with van der Waals surface area (Å²) in [5.74, 6) is 0.933. The van der Waals surface area contributed by atoms with E-state index in [4.69, 9.17) is 0 Å². The summed E-state index contributed by atoms with van der Waals surface area (Å²) < 4.78 is 0. The first-order chi connectivity index (χ1) is 13.6. The van der Waals surface area contributed by atoms with Crippen LogP contribution in [0.2, 0.25) is 0 Å². The molecule has 0 aromatic rings. The largest absolute Gasteiger partial charge is 0.198 e. The lowest BCUT2D eigenvalue weighted by molar-refractivity contribution is -0.0690. The first-order valence-electron chi connectivity index (χ1n) is 13.0. The van der Waals surface area contributed by atoms with Crippen LogP contribution in [-0.4, -0.2) is 0 Å². The number of nitrogens with zero attached hydrogens (tertiary/aromatic N) is 1. The molecule has 2 bridgehead atoms. The maximum Gasteiger partial charge on any atom is 0.0689 e. The fraction of sp³-hybridized carbons (Fsp3) is 0.963. The first-order valence-corrected chi connectivity index (χ1v) is 13.0. The highest BCUT2D eigenvalue weighted by atomic mass is 14.6. The minimum Gasteiger partial charge on any atom is -0.198 e. The van der Waals surface area contributed by atoms with Gasteiger partial charge in [0.25, 0.3) is 0 Å². The molecule has 0 amide bonds. The average Bonchev–Trinajstić information content (AvgIpc) is 2.75. The molecule has 0 spiro atoms. The van der Waals surface area contributed by atoms with Crippen molar-refractivity contribution >= 4 is 0 Å². The Bertz CT molecular complexity index is 480. The molecule has 0 radical (unpaired) electrons. The summed E-state index contributed by atoms with van der Waals surface area (Å²) in [6.45, 7) is 4.59. The van der Waals surface area contributed by atoms with Gasteiger partial charge in [-0.1, -0.05) is 65.2 Å². The van der Waals surface area contributed by atoms with E-state index in [1.807, 2.05) is 0 Å². The molecule has 4 aliphatic carbocycles. The van der Waals surface area contributed by atoms with Gasteiger partial charge in [0, 0.05) is 0 Å². The van der Waals surface area contributed by atoms with E-state index in [2.05, 4.69) is 19.9 Å². The van der Waals surface area contributed by atoms with E-state index in [1.165, 1.54) is 122 Å². The van der Waals surface area contributed by atoms with Crippen LogP contribution < -0.4 is 0 Å². The van der Waals surface area contributed by atoms with E-state index in [-0.39, 0.29) is 5.41 Å². The quantitative estimate of drug-likeness (QED) is 0.325. The molecule has 28 heavy (non-hydrogen) atoms. The molecule has 4 saturated carbocycles. The van der Waals surface area contributed by atoms with Gasteiger partial charge in [-0.15, -0.1) is 0 Å². The summed E-state index contributed by atoms with van der Waals surface area (Å²) in [6, 6.07) is 2.78. The fourth-order valence-corrected chi connectivity index (χ4v) is 7.30. The van der Waals surface area contributed by atoms with Crippen molar-refractivity contribution in [2.45, 2.75) is 142 Å². The number of hydrogen-bond donors (Lipinski definition) is 0. The normalized spacial score (nSPS) is 37.7. The molecular weight excluding hydrogens is 338 g/mol. The van der Waals surface area contributed by atoms with Gasteiger partial charge in [0.2, 0.25) is 0 Å². The molecule has 4 aliphatic rings. The summed E-state index contributed by atoms with van der Waals surface area (Å²) in [5.41, 5.74) is 1.45. The Hall–Kier alpha value is -0.510. The molecule has 0 heterocycles. The topological polar surface area (TPSA) is 23.8 Å². The standard InChI is InChI=1S/C27H47N/c1-3-5-7-8-10-13-25-17-20-27(21-18-25,22-19-25)24-11-15-26(23-28,16-12-24)14-9-6-4-2/h24H,3-22H2,1-2H3. The van der Waals surface area contributed by atoms with Crippen molar-refractivity contribution in [3.8, 4) is 6.07 Å². The van der Waals surface area contributed by atoms with Gasteiger partial charge in [-0.05, 0) is 93.8 Å². The van der Waals surface area contributed by atoms with Gasteiger partial charge in [-0.25, -0.2) is 0 Å². The van der Waals surface area contributed by atoms with E-state index in [0.717, 1.165) is 17.8 Å². The first kappa shape index (κ1) is 22.2. The highest BCUT2D eigenvalue weighted by Gasteiger charge is 2.52. The highest BCUT2D eigenvalue weighted by molar-refractivity contribution is 5.07. The van der Waals surface area contributed by atoms with Gasteiger partial charge in [-0.2, -0.15) is 5.26 Å². The minimum absolute atomic E-state index is 0.0356. The summed E-state index contributed by atoms with van der Waals surface area (Å²) in [6.07, 6.45) is 27.9. The van der Waals surface area contributed by atoms with Crippen molar-refractivity contribution in [3.05, 3.63) is 0 Å². The van der Waals surface area contributed by atoms with Gasteiger partial charge in [0.1, 0.15) is 0 Å². The second-order valence-corrected chi connectivity index (χ2v) is 11.2. The fourth-order valence-electron chi connectivity index (χ4n) is 7.30. The number of fused-ring (bicyclic) bond motifs is 3. The van der Waals surface area contributed by atoms with Crippen LogP contribution in [0.25, 0.3) is 0 Å². The molecule has 160 valence electrons. The lowest BCUT2D eigenvalue weighted by atomic mass is 9.47. The Morgan fingerprint density at radius 3 is 1.79 bits per heavy atom. The number of rotatable bonds is 11. The molecular formula is C27H47N. The lowest BCUT2D eigenvalue weighted by Crippen LogP contribution is -2.47. The van der Waals surface area contributed by atoms with E-state index >= 15 is 0 Å². The Morgan fingerprint density at radius 1 is 0.679 bits per heavy atom. The molecule has 0 N–H and O–H groups in total. The van der Waals surface area contributed by atoms with Gasteiger partial charge in [0.15, 0.2) is 0 Å². The summed E-state index contributed by atoms with van der Waals surface area (Å²) in [7, 11) is 0. The number of hydrogen-bond acceptors (Lipinski definition) is 1. The van der Waals surface area contributed by atoms with Crippen molar-refractivity contribution in [2.75, 3.05) is 0 Å². The Labute approximate surface area is 176 Å². The average molecular weight is 386 g/mol. The summed E-state index contributed by atoms with van der Waals surface area (Å²) >= 11 is 0. The molecule has 4 rings (SSSR count). The van der Waals surface area contributed by atoms with E-state index in [9.17, 15) is 5.26 Å². The number of nitriles is 1. The Balaban J connectivity index is 1.46. The van der Waals surface area contributed by atoms with Crippen molar-refractivity contribution in [1.29, 1.82) is 5.26 Å². The maximum absolute atomic E-state index is 9.89. The van der Waals surface area contributed by atoms with Gasteiger partial charge in [0.05, 0.1) is 11.5 Å². The molecule has 0 aromatic carbocycles. The van der Waals surface area contributed by atoms with Crippen LogP contribution in [0.5, 0.6) is 0 Å². The van der Waals surface area contributed by atoms with Crippen LogP contribution in [0.3, 0.4) is 0 Å². The Kier molecular flexibility index (Phi) is 7.92. The van der Waals surface area contributed by atoms with Gasteiger partial charge < -0.3 is 0 Å². The Morgan fingerprint density at radius 2 is 1.21 bits per heavy atom. The van der Waals surface area contributed by atoms with Crippen LogP contribution in [0.1, 0.15) is 142 Å². The van der Waals surface area contributed by atoms with E-state index in [1.54, 1.807) is 0 Å². The van der Waals surface area contributed by atoms with Crippen LogP contribution >= 0.6 is 0 Å². The van der Waals surface area contributed by atoms with Crippen molar-refractivity contribution in [2.24, 2.45) is 22.2 Å². The maximum atomic E-state index is 9.89. The van der Waals surface area contributed by atoms with Crippen molar-refractivity contribution in [1.82, 2.24) is 0 Å². The second-order valence-electron chi connectivity index (χ2n) is 11.2. The molecule has 1 heteroatoms. The monoisotopic (exact) mass is 385 g/mol. The van der Waals surface area contributed by atoms with Crippen molar-refractivity contribution in [3.63, 3.8) is 0 Å². The van der Waals surface area contributed by atoms with Crippen LogP contribution in [0.15, 0.2) is 0 Å². The number of unbranched alkanes of at least 4 members (excludes halogenated alkanes) is 6. The molecule has 0 aliphatic heterocycles. The van der Waals surface area contributed by atoms with E-state index in [0.29, 0.717) is 5.41 Å². The molecule has 0 unspecified atom stereocenters. The third kappa shape index (κ3) is 4.96. The molecule has 0 atom stereocenters. The summed E-state index contributed by atoms with van der Waals surface area (Å²) in [5, 5.41) is 9.89. The third-order valence-corrected chi connectivity index (χ3v) is 9.58. The predicted molar refractivity (Wildman–Crippen MR) is 120 cm³/mol. The molecule has 0 saturated heterocycles. The van der Waals surface area contributed by atoms with Gasteiger partial charge >= 0.3 is 0 Å². The zero-order chi connectivity index (χ0) is 19.9. The molecule has 1 nitrogen and oxygen atoms in total. The molecule has 4 fully saturated rings. The molecule has 0 aromatic heterocycles. The second kappa shape index (κ2) is 10.00. The predicted octanol–water partition coefficient (Wildman–Crippen LogP) is 8.97. The van der Waals surface area contributed by atoms with Crippen LogP contribution in [0.4, 0.5) is 0 Å². The highest BCUT2D eigenvalue weighted by Crippen LogP contribution is 2.64. The van der Waals surface area contributed by atoms with Gasteiger partial charge in [-0.3, -0.25) is 0 Å². The summed E-state index contributed by atoms with van der Waals surface area (Å²) in [4.78, 5) is 0. The zero-order valence-electron chi connectivity index (χ0n) is 19.2. The SMILES string of the molecule is CCCCCCCC12CCC(C3CCC(C#N)(CCCCC)CC3)(CC1)CC2. The zero-order valence-corrected chi connectivity index (χ0v) is 19.2. The minimum atomic E-state index is 0.0356. The lowest BCUT2D eigenvalue weighted by Gasteiger charge is -2.58.